The molecule has 0 saturated carbocycles. The van der Waals surface area contributed by atoms with Crippen molar-refractivity contribution in [1.82, 2.24) is 9.80 Å². The van der Waals surface area contributed by atoms with Gasteiger partial charge in [0.2, 0.25) is 0 Å². The van der Waals surface area contributed by atoms with Crippen LogP contribution in [0.1, 0.15) is 18.4 Å². The first kappa shape index (κ1) is 19.1. The summed E-state index contributed by atoms with van der Waals surface area (Å²) < 4.78 is 10.7. The van der Waals surface area contributed by atoms with E-state index < -0.39 is 5.60 Å². The number of para-hydroxylation sites is 1. The summed E-state index contributed by atoms with van der Waals surface area (Å²) >= 11 is 0. The normalized spacial score (nSPS) is 20.5. The third-order valence-electron chi connectivity index (χ3n) is 4.44. The number of aliphatic hydroxyl groups is 1. The zero-order valence-corrected chi connectivity index (χ0v) is 15.1. The van der Waals surface area contributed by atoms with Gasteiger partial charge in [0.15, 0.2) is 17.1 Å². The van der Waals surface area contributed by atoms with Gasteiger partial charge in [-0.25, -0.2) is 0 Å². The van der Waals surface area contributed by atoms with Gasteiger partial charge in [0.25, 0.3) is 5.91 Å². The number of benzene rings is 1. The van der Waals surface area contributed by atoms with E-state index in [4.69, 9.17) is 15.9 Å². The lowest BCUT2D eigenvalue weighted by Gasteiger charge is -2.40. The van der Waals surface area contributed by atoms with Crippen molar-refractivity contribution < 1.29 is 19.4 Å². The Morgan fingerprint density at radius 2 is 2.16 bits per heavy atom. The summed E-state index contributed by atoms with van der Waals surface area (Å²) in [6, 6.07) is 5.57. The van der Waals surface area contributed by atoms with Crippen LogP contribution in [-0.2, 0) is 11.3 Å². The third kappa shape index (κ3) is 4.25. The molecule has 1 fully saturated rings. The highest BCUT2D eigenvalue weighted by molar-refractivity contribution is 5.86. The van der Waals surface area contributed by atoms with Gasteiger partial charge in [-0.2, -0.15) is 0 Å². The van der Waals surface area contributed by atoms with Crippen LogP contribution < -0.4 is 9.47 Å². The summed E-state index contributed by atoms with van der Waals surface area (Å²) in [5.74, 6) is 3.48. The Balaban J connectivity index is 2.18. The van der Waals surface area contributed by atoms with E-state index in [2.05, 4.69) is 5.92 Å². The molecule has 6 heteroatoms. The number of hydrogen-bond acceptors (Lipinski definition) is 5. The highest BCUT2D eigenvalue weighted by Crippen LogP contribution is 2.33. The van der Waals surface area contributed by atoms with Crippen molar-refractivity contribution in [2.24, 2.45) is 0 Å². The van der Waals surface area contributed by atoms with E-state index in [1.165, 1.54) is 0 Å². The SMILES string of the molecule is C#CCN(C)CC1(O)CCCN(Cc2cccc(OC)c2OC)C1=O. The zero-order chi connectivity index (χ0) is 18.4. The molecule has 1 amide bonds. The van der Waals surface area contributed by atoms with Gasteiger partial charge < -0.3 is 19.5 Å². The number of ether oxygens (including phenoxy) is 2. The van der Waals surface area contributed by atoms with Crippen molar-refractivity contribution in [3.63, 3.8) is 0 Å². The summed E-state index contributed by atoms with van der Waals surface area (Å²) in [7, 11) is 4.95. The number of hydrogen-bond donors (Lipinski definition) is 1. The number of piperidine rings is 1. The lowest BCUT2D eigenvalue weighted by Crippen LogP contribution is -2.57. The van der Waals surface area contributed by atoms with E-state index >= 15 is 0 Å². The predicted molar refractivity (Wildman–Crippen MR) is 95.5 cm³/mol. The van der Waals surface area contributed by atoms with Crippen molar-refractivity contribution in [3.8, 4) is 23.8 Å². The minimum Gasteiger partial charge on any atom is -0.493 e. The molecular formula is C19H26N2O4. The second-order valence-corrected chi connectivity index (χ2v) is 6.39. The van der Waals surface area contributed by atoms with Gasteiger partial charge in [-0.05, 0) is 26.0 Å². The van der Waals surface area contributed by atoms with E-state index in [1.807, 2.05) is 18.2 Å². The number of amides is 1. The Kier molecular flexibility index (Phi) is 6.29. The van der Waals surface area contributed by atoms with Crippen LogP contribution in [0.5, 0.6) is 11.5 Å². The molecule has 1 aromatic rings. The maximum atomic E-state index is 12.9. The number of rotatable bonds is 7. The molecule has 1 unspecified atom stereocenters. The lowest BCUT2D eigenvalue weighted by atomic mass is 9.90. The molecule has 1 heterocycles. The molecule has 1 atom stereocenters. The monoisotopic (exact) mass is 346 g/mol. The molecule has 1 saturated heterocycles. The molecule has 0 aliphatic carbocycles. The van der Waals surface area contributed by atoms with E-state index in [9.17, 15) is 9.90 Å². The molecule has 136 valence electrons. The molecule has 1 aliphatic heterocycles. The number of carbonyl (C=O) groups is 1. The molecule has 0 radical (unpaired) electrons. The van der Waals surface area contributed by atoms with Crippen molar-refractivity contribution >= 4 is 5.91 Å². The van der Waals surface area contributed by atoms with E-state index in [-0.39, 0.29) is 12.5 Å². The van der Waals surface area contributed by atoms with Gasteiger partial charge in [0.05, 0.1) is 20.8 Å². The van der Waals surface area contributed by atoms with Crippen molar-refractivity contribution in [3.05, 3.63) is 23.8 Å². The molecule has 0 aromatic heterocycles. The second-order valence-electron chi connectivity index (χ2n) is 6.39. The van der Waals surface area contributed by atoms with Gasteiger partial charge in [0.1, 0.15) is 0 Å². The largest absolute Gasteiger partial charge is 0.493 e. The quantitative estimate of drug-likeness (QED) is 0.750. The molecule has 1 N–H and O–H groups in total. The van der Waals surface area contributed by atoms with Crippen molar-refractivity contribution in [2.45, 2.75) is 25.0 Å². The number of likely N-dealkylation sites (N-methyl/N-ethyl adjacent to an activating group) is 1. The van der Waals surface area contributed by atoms with E-state index in [0.717, 1.165) is 12.0 Å². The molecular weight excluding hydrogens is 320 g/mol. The van der Waals surface area contributed by atoms with E-state index in [1.54, 1.807) is 31.1 Å². The van der Waals surface area contributed by atoms with Gasteiger partial charge in [-0.1, -0.05) is 18.1 Å². The van der Waals surface area contributed by atoms with Gasteiger partial charge in [-0.3, -0.25) is 9.69 Å². The predicted octanol–water partition coefficient (Wildman–Crippen LogP) is 1.12. The Hall–Kier alpha value is -2.23. The molecule has 1 aliphatic rings. The van der Waals surface area contributed by atoms with Crippen molar-refractivity contribution in [1.29, 1.82) is 0 Å². The fraction of sp³-hybridized carbons (Fsp3) is 0.526. The van der Waals surface area contributed by atoms with Crippen LogP contribution in [0.3, 0.4) is 0 Å². The van der Waals surface area contributed by atoms with Crippen LogP contribution in [0.2, 0.25) is 0 Å². The standard InChI is InChI=1S/C19H26N2O4/c1-5-11-20(2)14-19(23)10-7-12-21(18(19)22)13-15-8-6-9-16(24-3)17(15)25-4/h1,6,8-9,23H,7,10-14H2,2-4H3. The fourth-order valence-electron chi connectivity index (χ4n) is 3.30. The summed E-state index contributed by atoms with van der Waals surface area (Å²) in [6.07, 6.45) is 6.48. The molecule has 1 aromatic carbocycles. The minimum atomic E-state index is -1.41. The minimum absolute atomic E-state index is 0.224. The van der Waals surface area contributed by atoms with Gasteiger partial charge in [0, 0.05) is 25.2 Å². The topological polar surface area (TPSA) is 62.2 Å². The average Bonchev–Trinajstić information content (AvgIpc) is 2.59. The Morgan fingerprint density at radius 1 is 1.40 bits per heavy atom. The van der Waals surface area contributed by atoms with Crippen LogP contribution in [0.25, 0.3) is 0 Å². The Morgan fingerprint density at radius 3 is 2.80 bits per heavy atom. The third-order valence-corrected chi connectivity index (χ3v) is 4.44. The van der Waals surface area contributed by atoms with Crippen LogP contribution in [-0.4, -0.2) is 67.3 Å². The summed E-state index contributed by atoms with van der Waals surface area (Å²) in [4.78, 5) is 16.3. The highest BCUT2D eigenvalue weighted by Gasteiger charge is 2.42. The smallest absolute Gasteiger partial charge is 0.256 e. The first-order valence-corrected chi connectivity index (χ1v) is 8.29. The summed E-state index contributed by atoms with van der Waals surface area (Å²) in [5, 5.41) is 10.9. The fourth-order valence-corrected chi connectivity index (χ4v) is 3.30. The number of likely N-dealkylation sites (tertiary alicyclic amines) is 1. The molecule has 0 spiro atoms. The summed E-state index contributed by atoms with van der Waals surface area (Å²) in [5.41, 5.74) is -0.563. The molecule has 2 rings (SSSR count). The maximum absolute atomic E-state index is 12.9. The average molecular weight is 346 g/mol. The zero-order valence-electron chi connectivity index (χ0n) is 15.1. The van der Waals surface area contributed by atoms with Crippen LogP contribution in [0, 0.1) is 12.3 Å². The number of nitrogens with zero attached hydrogens (tertiary/aromatic N) is 2. The second kappa shape index (κ2) is 8.24. The molecule has 25 heavy (non-hydrogen) atoms. The van der Waals surface area contributed by atoms with Crippen molar-refractivity contribution in [2.75, 3.05) is 40.9 Å². The van der Waals surface area contributed by atoms with E-state index in [0.29, 0.717) is 37.6 Å². The van der Waals surface area contributed by atoms with Crippen LogP contribution >= 0.6 is 0 Å². The highest BCUT2D eigenvalue weighted by atomic mass is 16.5. The van der Waals surface area contributed by atoms with Crippen LogP contribution in [0.15, 0.2) is 18.2 Å². The molecule has 0 bridgehead atoms. The van der Waals surface area contributed by atoms with Crippen LogP contribution in [0.4, 0.5) is 0 Å². The lowest BCUT2D eigenvalue weighted by molar-refractivity contribution is -0.159. The number of methoxy groups -OCH3 is 2. The number of carbonyl (C=O) groups excluding carboxylic acids is 1. The maximum Gasteiger partial charge on any atom is 0.256 e. The Labute approximate surface area is 149 Å². The Bertz CT molecular complexity index is 655. The first-order chi connectivity index (χ1) is 11.9. The van der Waals surface area contributed by atoms with Gasteiger partial charge in [-0.15, -0.1) is 6.42 Å². The summed E-state index contributed by atoms with van der Waals surface area (Å²) in [6.45, 7) is 1.57. The van der Waals surface area contributed by atoms with Gasteiger partial charge >= 0.3 is 0 Å². The first-order valence-electron chi connectivity index (χ1n) is 8.29. The number of terminal acetylenes is 1. The molecule has 6 nitrogen and oxygen atoms in total.